The Bertz CT molecular complexity index is 799. The molecule has 3 aromatic rings. The fourth-order valence-corrected chi connectivity index (χ4v) is 2.52. The standard InChI is InChI=1S/C17H20FN5O2/c1-23(11-16-20-15(22-25-16)7-8-24-2)10-13-9-19-21-17(13)12-3-5-14(18)6-4-12/h3-6,9H,7-8,10-11H2,1-2H3,(H,19,21). The molecular weight excluding hydrogens is 325 g/mol. The molecule has 2 aromatic heterocycles. The summed E-state index contributed by atoms with van der Waals surface area (Å²) in [6.45, 7) is 1.72. The Labute approximate surface area is 144 Å². The summed E-state index contributed by atoms with van der Waals surface area (Å²) in [5, 5.41) is 11.0. The second kappa shape index (κ2) is 8.00. The molecule has 2 heterocycles. The van der Waals surface area contributed by atoms with Crippen LogP contribution < -0.4 is 0 Å². The van der Waals surface area contributed by atoms with Gasteiger partial charge in [-0.05, 0) is 31.3 Å². The molecule has 1 N–H and O–H groups in total. The van der Waals surface area contributed by atoms with Crippen LogP contribution in [-0.2, 0) is 24.2 Å². The van der Waals surface area contributed by atoms with Crippen molar-refractivity contribution in [2.45, 2.75) is 19.5 Å². The Morgan fingerprint density at radius 2 is 2.04 bits per heavy atom. The molecule has 0 spiro atoms. The molecule has 0 aliphatic heterocycles. The number of benzene rings is 1. The highest BCUT2D eigenvalue weighted by Crippen LogP contribution is 2.22. The van der Waals surface area contributed by atoms with Gasteiger partial charge in [-0.3, -0.25) is 10.00 Å². The van der Waals surface area contributed by atoms with Gasteiger partial charge in [0.05, 0.1) is 25.0 Å². The number of rotatable bonds is 8. The number of ether oxygens (including phenoxy) is 1. The first-order chi connectivity index (χ1) is 12.2. The molecule has 0 amide bonds. The van der Waals surface area contributed by atoms with Crippen molar-refractivity contribution in [3.8, 4) is 11.3 Å². The van der Waals surface area contributed by atoms with Crippen LogP contribution in [0.1, 0.15) is 17.3 Å². The van der Waals surface area contributed by atoms with Crippen molar-refractivity contribution >= 4 is 0 Å². The van der Waals surface area contributed by atoms with Crippen LogP contribution in [0.5, 0.6) is 0 Å². The van der Waals surface area contributed by atoms with Crippen LogP contribution in [0.4, 0.5) is 4.39 Å². The van der Waals surface area contributed by atoms with E-state index in [1.54, 1.807) is 25.4 Å². The van der Waals surface area contributed by atoms with E-state index in [1.807, 2.05) is 11.9 Å². The van der Waals surface area contributed by atoms with Gasteiger partial charge in [0.25, 0.3) is 0 Å². The Hall–Kier alpha value is -2.58. The molecule has 7 nitrogen and oxygen atoms in total. The van der Waals surface area contributed by atoms with Gasteiger partial charge in [0.1, 0.15) is 5.82 Å². The smallest absolute Gasteiger partial charge is 0.240 e. The first-order valence-electron chi connectivity index (χ1n) is 7.93. The maximum absolute atomic E-state index is 13.1. The predicted molar refractivity (Wildman–Crippen MR) is 89.0 cm³/mol. The molecule has 132 valence electrons. The average molecular weight is 345 g/mol. The fraction of sp³-hybridized carbons (Fsp3) is 0.353. The topological polar surface area (TPSA) is 80.1 Å². The lowest BCUT2D eigenvalue weighted by molar-refractivity contribution is 0.199. The quantitative estimate of drug-likeness (QED) is 0.675. The second-order valence-electron chi connectivity index (χ2n) is 5.80. The fourth-order valence-electron chi connectivity index (χ4n) is 2.52. The van der Waals surface area contributed by atoms with E-state index in [-0.39, 0.29) is 5.82 Å². The molecule has 0 saturated carbocycles. The van der Waals surface area contributed by atoms with Gasteiger partial charge in [-0.2, -0.15) is 10.1 Å². The third-order valence-electron chi connectivity index (χ3n) is 3.74. The number of methoxy groups -OCH3 is 1. The van der Waals surface area contributed by atoms with Crippen molar-refractivity contribution in [2.24, 2.45) is 0 Å². The highest BCUT2D eigenvalue weighted by atomic mass is 19.1. The average Bonchev–Trinajstić information content (AvgIpc) is 3.23. The summed E-state index contributed by atoms with van der Waals surface area (Å²) in [7, 11) is 3.60. The molecule has 8 heteroatoms. The largest absolute Gasteiger partial charge is 0.384 e. The van der Waals surface area contributed by atoms with Crippen molar-refractivity contribution in [2.75, 3.05) is 20.8 Å². The minimum absolute atomic E-state index is 0.261. The monoisotopic (exact) mass is 345 g/mol. The maximum Gasteiger partial charge on any atom is 0.240 e. The van der Waals surface area contributed by atoms with Crippen LogP contribution in [0, 0.1) is 5.82 Å². The molecule has 1 aromatic carbocycles. The first kappa shape index (κ1) is 17.2. The minimum Gasteiger partial charge on any atom is -0.384 e. The zero-order chi connectivity index (χ0) is 17.6. The highest BCUT2D eigenvalue weighted by molar-refractivity contribution is 5.62. The summed E-state index contributed by atoms with van der Waals surface area (Å²) in [6, 6.07) is 6.33. The summed E-state index contributed by atoms with van der Waals surface area (Å²) in [6.07, 6.45) is 2.40. The van der Waals surface area contributed by atoms with Gasteiger partial charge in [0, 0.05) is 31.2 Å². The van der Waals surface area contributed by atoms with Crippen molar-refractivity contribution < 1.29 is 13.7 Å². The molecule has 0 fully saturated rings. The van der Waals surface area contributed by atoms with E-state index < -0.39 is 0 Å². The van der Waals surface area contributed by atoms with E-state index in [2.05, 4.69) is 20.3 Å². The third kappa shape index (κ3) is 4.49. The van der Waals surface area contributed by atoms with Crippen LogP contribution in [0.25, 0.3) is 11.3 Å². The molecule has 0 aliphatic rings. The number of aromatic nitrogens is 4. The van der Waals surface area contributed by atoms with Crippen molar-refractivity contribution in [1.82, 2.24) is 25.2 Å². The first-order valence-corrected chi connectivity index (χ1v) is 7.93. The third-order valence-corrected chi connectivity index (χ3v) is 3.74. The lowest BCUT2D eigenvalue weighted by Crippen LogP contribution is -2.17. The molecular formula is C17H20FN5O2. The van der Waals surface area contributed by atoms with Crippen LogP contribution in [0.15, 0.2) is 35.0 Å². The van der Waals surface area contributed by atoms with Gasteiger partial charge in [-0.15, -0.1) is 0 Å². The molecule has 0 bridgehead atoms. The molecule has 0 radical (unpaired) electrons. The van der Waals surface area contributed by atoms with Crippen LogP contribution in [-0.4, -0.2) is 46.0 Å². The van der Waals surface area contributed by atoms with Gasteiger partial charge >= 0.3 is 0 Å². The summed E-state index contributed by atoms with van der Waals surface area (Å²) in [4.78, 5) is 6.39. The highest BCUT2D eigenvalue weighted by Gasteiger charge is 2.13. The summed E-state index contributed by atoms with van der Waals surface area (Å²) in [5.74, 6) is 0.934. The summed E-state index contributed by atoms with van der Waals surface area (Å²) < 4.78 is 23.4. The number of nitrogens with zero attached hydrogens (tertiary/aromatic N) is 4. The van der Waals surface area contributed by atoms with E-state index in [4.69, 9.17) is 9.26 Å². The van der Waals surface area contributed by atoms with Crippen LogP contribution >= 0.6 is 0 Å². The summed E-state index contributed by atoms with van der Waals surface area (Å²) >= 11 is 0. The van der Waals surface area contributed by atoms with E-state index in [1.165, 1.54) is 12.1 Å². The Balaban J connectivity index is 1.63. The lowest BCUT2D eigenvalue weighted by atomic mass is 10.1. The van der Waals surface area contributed by atoms with E-state index in [9.17, 15) is 4.39 Å². The Kier molecular flexibility index (Phi) is 5.52. The zero-order valence-electron chi connectivity index (χ0n) is 14.2. The zero-order valence-corrected chi connectivity index (χ0v) is 14.2. The SMILES string of the molecule is COCCc1noc(CN(C)Cc2cn[nH]c2-c2ccc(F)cc2)n1. The minimum atomic E-state index is -0.261. The Morgan fingerprint density at radius 3 is 2.80 bits per heavy atom. The molecule has 0 atom stereocenters. The number of H-pyrrole nitrogens is 1. The Morgan fingerprint density at radius 1 is 1.24 bits per heavy atom. The van der Waals surface area contributed by atoms with E-state index in [0.29, 0.717) is 37.8 Å². The predicted octanol–water partition coefficient (Wildman–Crippen LogP) is 2.42. The van der Waals surface area contributed by atoms with Gasteiger partial charge in [-0.1, -0.05) is 5.16 Å². The van der Waals surface area contributed by atoms with Crippen molar-refractivity contribution in [3.63, 3.8) is 0 Å². The second-order valence-corrected chi connectivity index (χ2v) is 5.80. The maximum atomic E-state index is 13.1. The number of hydrogen-bond acceptors (Lipinski definition) is 6. The van der Waals surface area contributed by atoms with Gasteiger partial charge < -0.3 is 9.26 Å². The van der Waals surface area contributed by atoms with Gasteiger partial charge in [-0.25, -0.2) is 4.39 Å². The van der Waals surface area contributed by atoms with Crippen LogP contribution in [0.2, 0.25) is 0 Å². The normalized spacial score (nSPS) is 11.4. The van der Waals surface area contributed by atoms with Crippen molar-refractivity contribution in [3.05, 3.63) is 53.6 Å². The van der Waals surface area contributed by atoms with E-state index >= 15 is 0 Å². The number of halogens is 1. The lowest BCUT2D eigenvalue weighted by Gasteiger charge is -2.14. The number of hydrogen-bond donors (Lipinski definition) is 1. The van der Waals surface area contributed by atoms with Gasteiger partial charge in [0.2, 0.25) is 5.89 Å². The molecule has 0 saturated heterocycles. The van der Waals surface area contributed by atoms with Gasteiger partial charge in [0.15, 0.2) is 5.82 Å². The molecule has 25 heavy (non-hydrogen) atoms. The van der Waals surface area contributed by atoms with E-state index in [0.717, 1.165) is 16.8 Å². The van der Waals surface area contributed by atoms with Crippen molar-refractivity contribution in [1.29, 1.82) is 0 Å². The van der Waals surface area contributed by atoms with Crippen LogP contribution in [0.3, 0.4) is 0 Å². The molecule has 3 rings (SSSR count). The number of nitrogens with one attached hydrogen (secondary N) is 1. The number of aromatic amines is 1. The molecule has 0 unspecified atom stereocenters. The molecule has 0 aliphatic carbocycles. The summed E-state index contributed by atoms with van der Waals surface area (Å²) in [5.41, 5.74) is 2.77.